The lowest BCUT2D eigenvalue weighted by molar-refractivity contribution is -0.159. The summed E-state index contributed by atoms with van der Waals surface area (Å²) in [6.45, 7) is 0.254. The second-order valence-corrected chi connectivity index (χ2v) is 8.03. The molecule has 25 heavy (non-hydrogen) atoms. The van der Waals surface area contributed by atoms with E-state index in [1.807, 2.05) is 34.1 Å². The quantitative estimate of drug-likeness (QED) is 0.766. The van der Waals surface area contributed by atoms with Gasteiger partial charge in [-0.05, 0) is 43.4 Å². The molecule has 2 saturated carbocycles. The maximum absolute atomic E-state index is 13.4. The molecule has 0 spiro atoms. The van der Waals surface area contributed by atoms with Crippen molar-refractivity contribution in [1.82, 2.24) is 9.80 Å². The molecule has 4 rings (SSSR count). The van der Waals surface area contributed by atoms with Crippen molar-refractivity contribution in [2.24, 2.45) is 0 Å². The molecule has 1 heterocycles. The molecular weight excluding hydrogens is 336 g/mol. The van der Waals surface area contributed by atoms with Crippen LogP contribution in [0.25, 0.3) is 0 Å². The topological polar surface area (TPSA) is 40.6 Å². The lowest BCUT2D eigenvalue weighted by Crippen LogP contribution is -2.58. The van der Waals surface area contributed by atoms with Crippen LogP contribution in [-0.4, -0.2) is 40.2 Å². The first-order chi connectivity index (χ1) is 12.1. The Morgan fingerprint density at radius 3 is 2.08 bits per heavy atom. The first-order valence-electron chi connectivity index (χ1n) is 9.52. The van der Waals surface area contributed by atoms with Crippen LogP contribution in [-0.2, 0) is 9.59 Å². The number of piperazine rings is 1. The molecule has 0 aromatic heterocycles. The van der Waals surface area contributed by atoms with Crippen LogP contribution < -0.4 is 0 Å². The molecule has 3 fully saturated rings. The van der Waals surface area contributed by atoms with Crippen LogP contribution in [0.1, 0.15) is 63.0 Å². The number of hydrogen-bond acceptors (Lipinski definition) is 2. The molecule has 0 bridgehead atoms. The van der Waals surface area contributed by atoms with E-state index in [2.05, 4.69) is 0 Å². The van der Waals surface area contributed by atoms with Gasteiger partial charge in [-0.15, -0.1) is 0 Å². The highest BCUT2D eigenvalue weighted by molar-refractivity contribution is 6.30. The van der Waals surface area contributed by atoms with Crippen LogP contribution in [0.4, 0.5) is 0 Å². The average Bonchev–Trinajstić information content (AvgIpc) is 3.44. The molecule has 2 amide bonds. The molecule has 1 atom stereocenters. The van der Waals surface area contributed by atoms with Crippen LogP contribution in [0, 0.1) is 0 Å². The summed E-state index contributed by atoms with van der Waals surface area (Å²) >= 11 is 6.02. The van der Waals surface area contributed by atoms with Gasteiger partial charge in [-0.1, -0.05) is 49.4 Å². The Labute approximate surface area is 154 Å². The number of amides is 2. The summed E-state index contributed by atoms with van der Waals surface area (Å²) in [6, 6.07) is 7.38. The van der Waals surface area contributed by atoms with Crippen molar-refractivity contribution in [3.8, 4) is 0 Å². The lowest BCUT2D eigenvalue weighted by atomic mass is 9.97. The van der Waals surface area contributed by atoms with Gasteiger partial charge in [-0.2, -0.15) is 0 Å². The predicted molar refractivity (Wildman–Crippen MR) is 97.3 cm³/mol. The molecule has 2 aliphatic carbocycles. The minimum atomic E-state index is -0.478. The maximum atomic E-state index is 13.4. The highest BCUT2D eigenvalue weighted by Gasteiger charge is 2.48. The minimum Gasteiger partial charge on any atom is -0.328 e. The third-order valence-corrected chi connectivity index (χ3v) is 6.03. The second-order valence-electron chi connectivity index (χ2n) is 7.60. The van der Waals surface area contributed by atoms with Crippen molar-refractivity contribution in [1.29, 1.82) is 0 Å². The van der Waals surface area contributed by atoms with E-state index in [0.29, 0.717) is 5.02 Å². The first-order valence-corrected chi connectivity index (χ1v) is 9.90. The number of rotatable bonds is 3. The fourth-order valence-corrected chi connectivity index (χ4v) is 4.45. The second kappa shape index (κ2) is 6.99. The Morgan fingerprint density at radius 1 is 0.840 bits per heavy atom. The zero-order valence-corrected chi connectivity index (χ0v) is 15.3. The largest absolute Gasteiger partial charge is 0.328 e. The molecule has 5 heteroatoms. The van der Waals surface area contributed by atoms with Crippen LogP contribution >= 0.6 is 11.6 Å². The molecule has 1 aliphatic heterocycles. The van der Waals surface area contributed by atoms with Crippen molar-refractivity contribution in [3.63, 3.8) is 0 Å². The molecule has 0 N–H and O–H groups in total. The van der Waals surface area contributed by atoms with Crippen molar-refractivity contribution < 1.29 is 9.59 Å². The summed E-state index contributed by atoms with van der Waals surface area (Å²) in [5.41, 5.74) is 0.882. The zero-order chi connectivity index (χ0) is 17.4. The van der Waals surface area contributed by atoms with Crippen LogP contribution in [0.3, 0.4) is 0 Å². The highest BCUT2D eigenvalue weighted by Crippen LogP contribution is 2.39. The fourth-order valence-electron chi connectivity index (χ4n) is 4.32. The summed E-state index contributed by atoms with van der Waals surface area (Å²) in [6.07, 6.45) is 8.84. The molecule has 3 aliphatic rings. The number of benzene rings is 1. The number of hydrogen-bond donors (Lipinski definition) is 0. The van der Waals surface area contributed by atoms with E-state index in [0.717, 1.165) is 44.1 Å². The Hall–Kier alpha value is -1.55. The zero-order valence-electron chi connectivity index (χ0n) is 14.5. The van der Waals surface area contributed by atoms with Gasteiger partial charge in [-0.25, -0.2) is 0 Å². The molecule has 0 radical (unpaired) electrons. The number of carbonyl (C=O) groups is 2. The van der Waals surface area contributed by atoms with Gasteiger partial charge in [0.05, 0.1) is 0 Å². The Morgan fingerprint density at radius 2 is 1.48 bits per heavy atom. The van der Waals surface area contributed by atoms with Gasteiger partial charge in [0.2, 0.25) is 5.91 Å². The minimum absolute atomic E-state index is 0.0979. The van der Waals surface area contributed by atoms with Crippen LogP contribution in [0.5, 0.6) is 0 Å². The third-order valence-electron chi connectivity index (χ3n) is 5.78. The van der Waals surface area contributed by atoms with E-state index < -0.39 is 6.04 Å². The van der Waals surface area contributed by atoms with Crippen molar-refractivity contribution in [3.05, 3.63) is 34.9 Å². The van der Waals surface area contributed by atoms with Crippen molar-refractivity contribution in [2.75, 3.05) is 6.54 Å². The molecule has 0 unspecified atom stereocenters. The number of nitrogens with zero attached hydrogens (tertiary/aromatic N) is 2. The normalized spacial score (nSPS) is 26.0. The summed E-state index contributed by atoms with van der Waals surface area (Å²) < 4.78 is 0. The van der Waals surface area contributed by atoms with Gasteiger partial charge in [0.15, 0.2) is 0 Å². The van der Waals surface area contributed by atoms with E-state index >= 15 is 0 Å². The molecule has 1 saturated heterocycles. The Balaban J connectivity index is 1.65. The third kappa shape index (κ3) is 3.41. The predicted octanol–water partition coefficient (Wildman–Crippen LogP) is 3.94. The standard InChI is InChI=1S/C20H25ClN2O2/c21-15-9-7-14(8-10-15)19-20(25)22(16-5-3-1-2-4-6-16)13-18(24)23(19)17-11-12-17/h7-10,16-17,19H,1-6,11-13H2/t19-/m1/s1. The van der Waals surface area contributed by atoms with Crippen LogP contribution in [0.2, 0.25) is 5.02 Å². The van der Waals surface area contributed by atoms with E-state index in [9.17, 15) is 9.59 Å². The monoisotopic (exact) mass is 360 g/mol. The van der Waals surface area contributed by atoms with Gasteiger partial charge in [-0.3, -0.25) is 9.59 Å². The van der Waals surface area contributed by atoms with Gasteiger partial charge in [0.25, 0.3) is 5.91 Å². The van der Waals surface area contributed by atoms with E-state index in [4.69, 9.17) is 11.6 Å². The molecular formula is C20H25ClN2O2. The Kier molecular flexibility index (Phi) is 4.72. The highest BCUT2D eigenvalue weighted by atomic mass is 35.5. The smallest absolute Gasteiger partial charge is 0.250 e. The first kappa shape index (κ1) is 16.9. The molecule has 1 aromatic carbocycles. The Bertz CT molecular complexity index is 648. The molecule has 4 nitrogen and oxygen atoms in total. The van der Waals surface area contributed by atoms with Gasteiger partial charge < -0.3 is 9.80 Å². The van der Waals surface area contributed by atoms with Gasteiger partial charge >= 0.3 is 0 Å². The maximum Gasteiger partial charge on any atom is 0.250 e. The van der Waals surface area contributed by atoms with Gasteiger partial charge in [0.1, 0.15) is 12.6 Å². The summed E-state index contributed by atoms with van der Waals surface area (Å²) in [4.78, 5) is 30.1. The number of carbonyl (C=O) groups excluding carboxylic acids is 2. The number of halogens is 1. The summed E-state index contributed by atoms with van der Waals surface area (Å²) in [5.74, 6) is 0.201. The van der Waals surface area contributed by atoms with Crippen LogP contribution in [0.15, 0.2) is 24.3 Å². The molecule has 134 valence electrons. The average molecular weight is 361 g/mol. The fraction of sp³-hybridized carbons (Fsp3) is 0.600. The van der Waals surface area contributed by atoms with E-state index in [-0.39, 0.29) is 30.4 Å². The summed E-state index contributed by atoms with van der Waals surface area (Å²) in [5, 5.41) is 0.650. The van der Waals surface area contributed by atoms with Crippen molar-refractivity contribution in [2.45, 2.75) is 69.5 Å². The summed E-state index contributed by atoms with van der Waals surface area (Å²) in [7, 11) is 0. The van der Waals surface area contributed by atoms with E-state index in [1.54, 1.807) is 0 Å². The SMILES string of the molecule is O=C1[C@@H](c2ccc(Cl)cc2)N(C2CC2)C(=O)CN1C1CCCCCC1. The lowest BCUT2D eigenvalue weighted by Gasteiger charge is -2.43. The van der Waals surface area contributed by atoms with E-state index in [1.165, 1.54) is 12.8 Å². The van der Waals surface area contributed by atoms with Gasteiger partial charge in [0, 0.05) is 17.1 Å². The molecule has 1 aromatic rings. The van der Waals surface area contributed by atoms with Crippen molar-refractivity contribution >= 4 is 23.4 Å².